The Morgan fingerprint density at radius 2 is 0.805 bits per heavy atom. The predicted molar refractivity (Wildman–Crippen MR) is 343 cm³/mol. The van der Waals surface area contributed by atoms with Crippen molar-refractivity contribution in [1.82, 2.24) is 5.32 Å². The molecule has 0 radical (unpaired) electrons. The van der Waals surface area contributed by atoms with Crippen molar-refractivity contribution in [1.29, 1.82) is 0 Å². The maximum Gasteiger partial charge on any atom is 0.305 e. The number of ether oxygens (including phenoxy) is 3. The Labute approximate surface area is 504 Å². The van der Waals surface area contributed by atoms with E-state index in [0.29, 0.717) is 19.4 Å². The van der Waals surface area contributed by atoms with Crippen molar-refractivity contribution < 1.29 is 49.3 Å². The van der Waals surface area contributed by atoms with E-state index in [0.717, 1.165) is 57.8 Å². The van der Waals surface area contributed by atoms with Gasteiger partial charge in [0.05, 0.1) is 32.0 Å². The molecule has 0 spiro atoms. The molecule has 0 aromatic carbocycles. The maximum absolute atomic E-state index is 13.1. The van der Waals surface area contributed by atoms with Crippen LogP contribution in [0, 0.1) is 0 Å². The molecule has 1 fully saturated rings. The second-order valence-corrected chi connectivity index (χ2v) is 24.2. The second kappa shape index (κ2) is 60.3. The minimum atomic E-state index is -1.58. The van der Waals surface area contributed by atoms with E-state index in [1.807, 2.05) is 6.08 Å². The van der Waals surface area contributed by atoms with E-state index >= 15 is 0 Å². The van der Waals surface area contributed by atoms with Crippen molar-refractivity contribution in [2.75, 3.05) is 19.8 Å². The summed E-state index contributed by atoms with van der Waals surface area (Å²) in [6.07, 6.45) is 68.0. The summed E-state index contributed by atoms with van der Waals surface area (Å²) in [5.74, 6) is -0.195. The minimum Gasteiger partial charge on any atom is -0.466 e. The number of carbonyl (C=O) groups is 2. The first-order chi connectivity index (χ1) is 40.2. The molecule has 1 heterocycles. The molecule has 480 valence electrons. The summed E-state index contributed by atoms with van der Waals surface area (Å²) in [6, 6.07) is -0.828. The van der Waals surface area contributed by atoms with Crippen LogP contribution in [0.25, 0.3) is 0 Å². The Hall–Kier alpha value is -2.38. The molecule has 11 nitrogen and oxygen atoms in total. The predicted octanol–water partition coefficient (Wildman–Crippen LogP) is 17.6. The first-order valence-corrected chi connectivity index (χ1v) is 34.9. The van der Waals surface area contributed by atoms with E-state index in [1.54, 1.807) is 6.08 Å². The monoisotopic (exact) mass is 1160 g/mol. The van der Waals surface area contributed by atoms with Crippen LogP contribution in [0.5, 0.6) is 0 Å². The third kappa shape index (κ3) is 48.8. The molecule has 1 saturated heterocycles. The molecule has 0 aromatic rings. The Kier molecular flexibility index (Phi) is 57.1. The Morgan fingerprint density at radius 3 is 1.24 bits per heavy atom. The summed E-state index contributed by atoms with van der Waals surface area (Å²) >= 11 is 0. The molecule has 11 heteroatoms. The van der Waals surface area contributed by atoms with Crippen molar-refractivity contribution in [3.8, 4) is 0 Å². The molecular weight excluding hydrogens is 1030 g/mol. The van der Waals surface area contributed by atoms with Crippen molar-refractivity contribution in [3.63, 3.8) is 0 Å². The summed E-state index contributed by atoms with van der Waals surface area (Å²) in [4.78, 5) is 25.1. The van der Waals surface area contributed by atoms with Crippen molar-refractivity contribution in [3.05, 3.63) is 48.6 Å². The van der Waals surface area contributed by atoms with Crippen molar-refractivity contribution in [2.45, 2.75) is 371 Å². The third-order valence-electron chi connectivity index (χ3n) is 16.4. The van der Waals surface area contributed by atoms with Crippen molar-refractivity contribution in [2.24, 2.45) is 0 Å². The first-order valence-electron chi connectivity index (χ1n) is 34.9. The lowest BCUT2D eigenvalue weighted by Crippen LogP contribution is -2.60. The first kappa shape index (κ1) is 77.6. The SMILES string of the molecule is CCCC/C=C\CCCCCCCC(=O)OCCCCCCCCCCCCCC/C=C\CCCCCCCCCCCCCCC(=O)NC(COC1OC(CO)C(O)C(O)C1O)C(O)/C=C/CC/C=C/CCCCCCCCCCC. The van der Waals surface area contributed by atoms with Gasteiger partial charge in [-0.15, -0.1) is 0 Å². The lowest BCUT2D eigenvalue weighted by Gasteiger charge is -2.40. The fourth-order valence-electron chi connectivity index (χ4n) is 10.8. The minimum absolute atomic E-state index is 0.00474. The fraction of sp³-hybridized carbons (Fsp3) is 0.859. The second-order valence-electron chi connectivity index (χ2n) is 24.2. The lowest BCUT2D eigenvalue weighted by molar-refractivity contribution is -0.302. The highest BCUT2D eigenvalue weighted by Gasteiger charge is 2.44. The van der Waals surface area contributed by atoms with Gasteiger partial charge in [-0.1, -0.05) is 274 Å². The van der Waals surface area contributed by atoms with Gasteiger partial charge in [0.15, 0.2) is 6.29 Å². The lowest BCUT2D eigenvalue weighted by atomic mass is 9.99. The number of carbonyl (C=O) groups excluding carboxylic acids is 2. The number of allylic oxidation sites excluding steroid dienone is 7. The molecule has 1 aliphatic rings. The summed E-state index contributed by atoms with van der Waals surface area (Å²) in [5.41, 5.74) is 0. The normalized spacial score (nSPS) is 18.5. The van der Waals surface area contributed by atoms with E-state index in [2.05, 4.69) is 55.6 Å². The van der Waals surface area contributed by atoms with Crippen LogP contribution in [0.4, 0.5) is 0 Å². The number of unbranched alkanes of at least 4 members (excludes halogenated alkanes) is 41. The van der Waals surface area contributed by atoms with Gasteiger partial charge in [0.2, 0.25) is 5.91 Å². The highest BCUT2D eigenvalue weighted by molar-refractivity contribution is 5.76. The Morgan fingerprint density at radius 1 is 0.439 bits per heavy atom. The van der Waals surface area contributed by atoms with Crippen LogP contribution in [-0.2, 0) is 23.8 Å². The van der Waals surface area contributed by atoms with Crippen LogP contribution in [0.1, 0.15) is 328 Å². The highest BCUT2D eigenvalue weighted by atomic mass is 16.7. The largest absolute Gasteiger partial charge is 0.466 e. The molecule has 1 rings (SSSR count). The number of esters is 1. The molecule has 0 bridgehead atoms. The molecule has 0 aromatic heterocycles. The van der Waals surface area contributed by atoms with Gasteiger partial charge in [0, 0.05) is 12.8 Å². The van der Waals surface area contributed by atoms with Gasteiger partial charge in [0.1, 0.15) is 24.4 Å². The zero-order chi connectivity index (χ0) is 59.5. The van der Waals surface area contributed by atoms with Gasteiger partial charge in [-0.05, 0) is 89.9 Å². The van der Waals surface area contributed by atoms with Gasteiger partial charge in [0.25, 0.3) is 0 Å². The molecule has 82 heavy (non-hydrogen) atoms. The number of hydrogen-bond donors (Lipinski definition) is 6. The number of amides is 1. The Balaban J connectivity index is 2.02. The molecule has 6 N–H and O–H groups in total. The quantitative estimate of drug-likeness (QED) is 0.0195. The van der Waals surface area contributed by atoms with Crippen LogP contribution >= 0.6 is 0 Å². The van der Waals surface area contributed by atoms with Crippen molar-refractivity contribution >= 4 is 11.9 Å². The molecule has 0 saturated carbocycles. The van der Waals surface area contributed by atoms with Gasteiger partial charge in [-0.3, -0.25) is 9.59 Å². The zero-order valence-electron chi connectivity index (χ0n) is 53.2. The highest BCUT2D eigenvalue weighted by Crippen LogP contribution is 2.23. The smallest absolute Gasteiger partial charge is 0.305 e. The average molecular weight is 1160 g/mol. The molecular formula is C71H131NO10. The summed E-state index contributed by atoms with van der Waals surface area (Å²) < 4.78 is 16.7. The molecule has 0 aliphatic carbocycles. The van der Waals surface area contributed by atoms with Gasteiger partial charge < -0.3 is 45.1 Å². The van der Waals surface area contributed by atoms with Crippen LogP contribution in [-0.4, -0.2) is 100 Å². The molecule has 1 aliphatic heterocycles. The third-order valence-corrected chi connectivity index (χ3v) is 16.4. The van der Waals surface area contributed by atoms with Gasteiger partial charge >= 0.3 is 5.97 Å². The van der Waals surface area contributed by atoms with Crippen LogP contribution < -0.4 is 5.32 Å². The number of aliphatic hydroxyl groups excluding tert-OH is 5. The van der Waals surface area contributed by atoms with Crippen LogP contribution in [0.3, 0.4) is 0 Å². The van der Waals surface area contributed by atoms with E-state index in [-0.39, 0.29) is 18.5 Å². The van der Waals surface area contributed by atoms with E-state index in [4.69, 9.17) is 14.2 Å². The summed E-state index contributed by atoms with van der Waals surface area (Å²) in [6.45, 7) is 4.31. The maximum atomic E-state index is 13.1. The molecule has 7 atom stereocenters. The van der Waals surface area contributed by atoms with E-state index in [1.165, 1.54) is 244 Å². The fourth-order valence-corrected chi connectivity index (χ4v) is 10.8. The molecule has 7 unspecified atom stereocenters. The zero-order valence-corrected chi connectivity index (χ0v) is 53.2. The number of aliphatic hydroxyl groups is 5. The molecule has 1 amide bonds. The van der Waals surface area contributed by atoms with Gasteiger partial charge in [-0.2, -0.15) is 0 Å². The van der Waals surface area contributed by atoms with E-state index < -0.39 is 49.5 Å². The standard InChI is InChI=1S/C71H131NO10/c1-3-5-7-9-11-13-15-16-31-34-38-41-45-49-53-57-64(74)63(62-81-71-70(79)69(78)68(77)65(61-73)82-71)72-66(75)58-54-50-46-42-39-35-32-29-27-25-23-21-19-17-18-20-22-24-26-28-30-33-36-40-44-48-52-56-60-80-67(76)59-55-51-47-43-37-14-12-10-8-6-4-2/h10,12,17-18,38,41,53,57,63-65,68-71,73-74,77-79H,3-9,11,13-16,19-37,39-40,42-52,54-56,58-62H2,1-2H3,(H,72,75)/b12-10-,18-17-,41-38+,57-53+. The number of hydrogen-bond acceptors (Lipinski definition) is 10. The van der Waals surface area contributed by atoms with Crippen LogP contribution in [0.15, 0.2) is 48.6 Å². The topological polar surface area (TPSA) is 175 Å². The Bertz CT molecular complexity index is 1500. The number of rotatable bonds is 61. The van der Waals surface area contributed by atoms with Gasteiger partial charge in [-0.25, -0.2) is 0 Å². The van der Waals surface area contributed by atoms with E-state index in [9.17, 15) is 35.1 Å². The summed E-state index contributed by atoms with van der Waals surface area (Å²) in [7, 11) is 0. The average Bonchev–Trinajstić information content (AvgIpc) is 3.68. The van der Waals surface area contributed by atoms with Crippen LogP contribution in [0.2, 0.25) is 0 Å². The number of nitrogens with one attached hydrogen (secondary N) is 1. The summed E-state index contributed by atoms with van der Waals surface area (Å²) in [5, 5.41) is 54.5.